The monoisotopic (exact) mass is 392 g/mol. The zero-order chi connectivity index (χ0) is 18.9. The van der Waals surface area contributed by atoms with E-state index < -0.39 is 6.61 Å². The van der Waals surface area contributed by atoms with Crippen LogP contribution in [0.1, 0.15) is 35.2 Å². The van der Waals surface area contributed by atoms with Crippen LogP contribution in [-0.4, -0.2) is 36.5 Å². The zero-order valence-corrected chi connectivity index (χ0v) is 15.7. The number of hydrogen-bond acceptors (Lipinski definition) is 4. The normalized spacial score (nSPS) is 20.6. The number of halogens is 2. The first-order valence-electron chi connectivity index (χ1n) is 9.15. The van der Waals surface area contributed by atoms with Gasteiger partial charge in [-0.1, -0.05) is 6.07 Å². The van der Waals surface area contributed by atoms with Gasteiger partial charge in [-0.25, -0.2) is 0 Å². The molecule has 1 unspecified atom stereocenters. The van der Waals surface area contributed by atoms with E-state index in [1.807, 2.05) is 21.7 Å². The van der Waals surface area contributed by atoms with Gasteiger partial charge in [-0.05, 0) is 78.4 Å². The molecule has 1 atom stereocenters. The molecule has 1 saturated heterocycles. The number of carbonyl (C=O) groups is 1. The topological polar surface area (TPSA) is 41.6 Å². The standard InChI is InChI=1S/C20H22F2N2O2S/c21-19(22)26-16-3-1-2-15(10-16)18(25)24(12-14-4-9-27-13-14)17-11-20(17)5-7-23-8-6-20/h1-4,9-10,13,17,19,23H,5-8,11-12H2. The summed E-state index contributed by atoms with van der Waals surface area (Å²) in [6.07, 6.45) is 3.15. The zero-order valence-electron chi connectivity index (χ0n) is 14.9. The molecule has 2 heterocycles. The van der Waals surface area contributed by atoms with E-state index in [9.17, 15) is 13.6 Å². The number of carbonyl (C=O) groups excluding carboxylic acids is 1. The number of amides is 1. The summed E-state index contributed by atoms with van der Waals surface area (Å²) in [6, 6.07) is 8.33. The molecule has 1 amide bonds. The maximum Gasteiger partial charge on any atom is 0.387 e. The highest BCUT2D eigenvalue weighted by atomic mass is 32.1. The number of nitrogens with one attached hydrogen (secondary N) is 1. The maximum atomic E-state index is 13.3. The van der Waals surface area contributed by atoms with Crippen molar-refractivity contribution in [2.24, 2.45) is 5.41 Å². The van der Waals surface area contributed by atoms with Crippen LogP contribution in [-0.2, 0) is 6.54 Å². The fraction of sp³-hybridized carbons (Fsp3) is 0.450. The molecule has 7 heteroatoms. The second-order valence-electron chi connectivity index (χ2n) is 7.30. The van der Waals surface area contributed by atoms with Gasteiger partial charge in [0, 0.05) is 18.2 Å². The molecule has 1 aromatic heterocycles. The van der Waals surface area contributed by atoms with E-state index in [0.29, 0.717) is 12.1 Å². The molecule has 2 aromatic rings. The van der Waals surface area contributed by atoms with Crippen LogP contribution >= 0.6 is 11.3 Å². The molecule has 2 aliphatic rings. The molecule has 1 aromatic carbocycles. The van der Waals surface area contributed by atoms with Gasteiger partial charge < -0.3 is 15.0 Å². The fourth-order valence-electron chi connectivity index (χ4n) is 4.10. The van der Waals surface area contributed by atoms with Gasteiger partial charge in [0.15, 0.2) is 0 Å². The molecule has 4 nitrogen and oxygen atoms in total. The van der Waals surface area contributed by atoms with Crippen molar-refractivity contribution in [3.63, 3.8) is 0 Å². The number of piperidine rings is 1. The van der Waals surface area contributed by atoms with Gasteiger partial charge in [0.25, 0.3) is 5.91 Å². The summed E-state index contributed by atoms with van der Waals surface area (Å²) in [5.41, 5.74) is 1.69. The predicted octanol–water partition coefficient (Wildman–Crippen LogP) is 4.13. The number of ether oxygens (including phenoxy) is 1. The lowest BCUT2D eigenvalue weighted by Gasteiger charge is -2.29. The van der Waals surface area contributed by atoms with E-state index >= 15 is 0 Å². The van der Waals surface area contributed by atoms with Crippen LogP contribution in [0.5, 0.6) is 5.75 Å². The summed E-state index contributed by atoms with van der Waals surface area (Å²) in [4.78, 5) is 15.2. The lowest BCUT2D eigenvalue weighted by atomic mass is 9.93. The maximum absolute atomic E-state index is 13.3. The fourth-order valence-corrected chi connectivity index (χ4v) is 4.76. The predicted molar refractivity (Wildman–Crippen MR) is 100 cm³/mol. The highest BCUT2D eigenvalue weighted by Crippen LogP contribution is 2.56. The second kappa shape index (κ2) is 7.56. The van der Waals surface area contributed by atoms with E-state index in [0.717, 1.165) is 37.9 Å². The Morgan fingerprint density at radius 1 is 1.33 bits per heavy atom. The van der Waals surface area contributed by atoms with Crippen molar-refractivity contribution in [3.05, 3.63) is 52.2 Å². The van der Waals surface area contributed by atoms with E-state index in [4.69, 9.17) is 0 Å². The van der Waals surface area contributed by atoms with Crippen LogP contribution in [0, 0.1) is 5.41 Å². The van der Waals surface area contributed by atoms with Crippen molar-refractivity contribution in [2.75, 3.05) is 13.1 Å². The van der Waals surface area contributed by atoms with Gasteiger partial charge >= 0.3 is 6.61 Å². The van der Waals surface area contributed by atoms with Gasteiger partial charge in [-0.3, -0.25) is 4.79 Å². The average Bonchev–Trinajstić information content (AvgIpc) is 3.09. The van der Waals surface area contributed by atoms with Crippen LogP contribution in [0.25, 0.3) is 0 Å². The van der Waals surface area contributed by atoms with Gasteiger partial charge in [-0.15, -0.1) is 0 Å². The first-order valence-corrected chi connectivity index (χ1v) is 10.1. The second-order valence-corrected chi connectivity index (χ2v) is 8.08. The Labute approximate surface area is 161 Å². The summed E-state index contributed by atoms with van der Waals surface area (Å²) in [5.74, 6) is -0.111. The van der Waals surface area contributed by atoms with Crippen molar-refractivity contribution < 1.29 is 18.3 Å². The summed E-state index contributed by atoms with van der Waals surface area (Å²) in [6.45, 7) is -0.399. The molecule has 0 bridgehead atoms. The third-order valence-corrected chi connectivity index (χ3v) is 6.35. The molecule has 1 aliphatic carbocycles. The third kappa shape index (κ3) is 3.99. The minimum absolute atomic E-state index is 0.0127. The molecule has 1 saturated carbocycles. The molecule has 144 valence electrons. The molecule has 1 aliphatic heterocycles. The van der Waals surface area contributed by atoms with E-state index in [2.05, 4.69) is 10.1 Å². The molecule has 1 N–H and O–H groups in total. The Balaban J connectivity index is 1.57. The molecule has 2 fully saturated rings. The highest BCUT2D eigenvalue weighted by molar-refractivity contribution is 7.07. The smallest absolute Gasteiger partial charge is 0.387 e. The lowest BCUT2D eigenvalue weighted by molar-refractivity contribution is -0.0499. The lowest BCUT2D eigenvalue weighted by Crippen LogP contribution is -2.39. The Kier molecular flexibility index (Phi) is 5.14. The number of thiophene rings is 1. The Hall–Kier alpha value is -1.99. The summed E-state index contributed by atoms with van der Waals surface area (Å²) >= 11 is 1.61. The quantitative estimate of drug-likeness (QED) is 0.804. The van der Waals surface area contributed by atoms with Crippen LogP contribution in [0.15, 0.2) is 41.1 Å². The van der Waals surface area contributed by atoms with E-state index in [-0.39, 0.29) is 23.1 Å². The number of hydrogen-bond donors (Lipinski definition) is 1. The molecular formula is C20H22F2N2O2S. The Morgan fingerprint density at radius 2 is 2.15 bits per heavy atom. The minimum atomic E-state index is -2.90. The van der Waals surface area contributed by atoms with Crippen molar-refractivity contribution in [1.29, 1.82) is 0 Å². The molecule has 1 spiro atoms. The van der Waals surface area contributed by atoms with Crippen molar-refractivity contribution in [3.8, 4) is 5.75 Å². The van der Waals surface area contributed by atoms with Crippen molar-refractivity contribution in [2.45, 2.75) is 38.5 Å². The van der Waals surface area contributed by atoms with E-state index in [1.54, 1.807) is 23.5 Å². The highest BCUT2D eigenvalue weighted by Gasteiger charge is 2.57. The number of benzene rings is 1. The van der Waals surface area contributed by atoms with Crippen LogP contribution < -0.4 is 10.1 Å². The number of alkyl halides is 2. The number of nitrogens with zero attached hydrogens (tertiary/aromatic N) is 1. The summed E-state index contributed by atoms with van der Waals surface area (Å²) < 4.78 is 29.5. The van der Waals surface area contributed by atoms with Gasteiger partial charge in [0.05, 0.1) is 0 Å². The third-order valence-electron chi connectivity index (χ3n) is 5.62. The van der Waals surface area contributed by atoms with Crippen LogP contribution in [0.3, 0.4) is 0 Å². The van der Waals surface area contributed by atoms with Crippen molar-refractivity contribution in [1.82, 2.24) is 10.2 Å². The van der Waals surface area contributed by atoms with E-state index in [1.165, 1.54) is 12.1 Å². The molecule has 0 radical (unpaired) electrons. The van der Waals surface area contributed by atoms with Gasteiger partial charge in [0.1, 0.15) is 5.75 Å². The summed E-state index contributed by atoms with van der Waals surface area (Å²) in [7, 11) is 0. The SMILES string of the molecule is O=C(c1cccc(OC(F)F)c1)N(Cc1ccsc1)C1CC12CCNCC2. The average molecular weight is 392 g/mol. The Bertz CT molecular complexity index is 791. The van der Waals surface area contributed by atoms with Gasteiger partial charge in [0.2, 0.25) is 0 Å². The first kappa shape index (κ1) is 18.4. The molecule has 27 heavy (non-hydrogen) atoms. The largest absolute Gasteiger partial charge is 0.435 e. The molecule has 4 rings (SSSR count). The van der Waals surface area contributed by atoms with Crippen molar-refractivity contribution >= 4 is 17.2 Å². The number of rotatable bonds is 6. The molecular weight excluding hydrogens is 370 g/mol. The van der Waals surface area contributed by atoms with Gasteiger partial charge in [-0.2, -0.15) is 20.1 Å². The Morgan fingerprint density at radius 3 is 2.85 bits per heavy atom. The van der Waals surface area contributed by atoms with Crippen LogP contribution in [0.2, 0.25) is 0 Å². The van der Waals surface area contributed by atoms with Crippen LogP contribution in [0.4, 0.5) is 8.78 Å². The summed E-state index contributed by atoms with van der Waals surface area (Å²) in [5, 5.41) is 7.43. The first-order chi connectivity index (χ1) is 13.1. The minimum Gasteiger partial charge on any atom is -0.435 e.